The Bertz CT molecular complexity index is 1910. The number of nitrogens with zero attached hydrogens (tertiary/aromatic N) is 4. The van der Waals surface area contributed by atoms with Crippen molar-refractivity contribution in [3.8, 4) is 17.2 Å². The molecule has 0 radical (unpaired) electrons. The van der Waals surface area contributed by atoms with Crippen molar-refractivity contribution >= 4 is 45.6 Å². The Morgan fingerprint density at radius 3 is 2.24 bits per heavy atom. The molecule has 0 saturated heterocycles. The number of aryl methyl sites for hydroxylation is 3. The van der Waals surface area contributed by atoms with Crippen LogP contribution in [0, 0.1) is 32.1 Å². The fourth-order valence-corrected chi connectivity index (χ4v) is 5.60. The number of hydrogen-bond donors (Lipinski definition) is 0. The Balaban J connectivity index is 1.49. The summed E-state index contributed by atoms with van der Waals surface area (Å²) in [7, 11) is 0. The van der Waals surface area contributed by atoms with Gasteiger partial charge in [-0.15, -0.1) is 0 Å². The van der Waals surface area contributed by atoms with Gasteiger partial charge < -0.3 is 14.0 Å². The molecule has 0 bridgehead atoms. The fourth-order valence-electron chi connectivity index (χ4n) is 5.38. The molecule has 0 atom stereocenters. The van der Waals surface area contributed by atoms with E-state index in [-0.39, 0.29) is 0 Å². The number of unbranched alkanes of at least 4 members (excludes halogenated alkanes) is 1. The molecule has 3 aromatic carbocycles. The normalized spacial score (nSPS) is 10.8. The highest BCUT2D eigenvalue weighted by Gasteiger charge is 2.18. The number of nitriles is 1. The second-order valence-electron chi connectivity index (χ2n) is 9.93. The summed E-state index contributed by atoms with van der Waals surface area (Å²) in [6.07, 6.45) is 1.42. The van der Waals surface area contributed by atoms with Gasteiger partial charge >= 0.3 is 0 Å². The third kappa shape index (κ3) is 5.20. The number of benzene rings is 3. The van der Waals surface area contributed by atoms with Gasteiger partial charge in [0, 0.05) is 40.8 Å². The zero-order valence-corrected chi connectivity index (χ0v) is 23.7. The van der Waals surface area contributed by atoms with E-state index in [4.69, 9.17) is 16.1 Å². The van der Waals surface area contributed by atoms with Crippen LogP contribution < -0.4 is 15.6 Å². The van der Waals surface area contributed by atoms with E-state index in [0.29, 0.717) is 51.6 Å². The summed E-state index contributed by atoms with van der Waals surface area (Å²) in [5.74, 6) is 4.78. The van der Waals surface area contributed by atoms with E-state index >= 15 is 0 Å². The summed E-state index contributed by atoms with van der Waals surface area (Å²) < 4.78 is 7.12. The van der Waals surface area contributed by atoms with Crippen LogP contribution in [0.5, 0.6) is 0 Å². The smallest absolute Gasteiger partial charge is 0.151 e. The third-order valence-corrected chi connectivity index (χ3v) is 7.70. The van der Waals surface area contributed by atoms with Gasteiger partial charge in [0.2, 0.25) is 0 Å². The summed E-state index contributed by atoms with van der Waals surface area (Å²) in [4.78, 5) is 25.9. The number of aromatic nitrogens is 2. The van der Waals surface area contributed by atoms with Crippen molar-refractivity contribution in [1.82, 2.24) is 9.72 Å². The Labute approximate surface area is 242 Å². The Hall–Kier alpha value is -4.85. The maximum Gasteiger partial charge on any atom is 0.151 e. The van der Waals surface area contributed by atoms with Crippen molar-refractivity contribution in [3.63, 3.8) is 0 Å². The van der Waals surface area contributed by atoms with Crippen LogP contribution in [0.3, 0.4) is 0 Å². The van der Waals surface area contributed by atoms with E-state index < -0.39 is 0 Å². The summed E-state index contributed by atoms with van der Waals surface area (Å²) in [5, 5.41) is 16.0. The highest BCUT2D eigenvalue weighted by atomic mass is 35.5. The first-order chi connectivity index (χ1) is 19.9. The van der Waals surface area contributed by atoms with Crippen molar-refractivity contribution in [3.05, 3.63) is 99.0 Å². The number of halogens is 1. The van der Waals surface area contributed by atoms with Gasteiger partial charge in [-0.25, -0.2) is 9.59 Å². The number of carbonyl (C=O) groups excluding carboxylic acids is 2. The molecule has 7 nitrogen and oxygen atoms in total. The van der Waals surface area contributed by atoms with E-state index in [1.165, 1.54) is 0 Å². The Kier molecular flexibility index (Phi) is 7.92. The minimum atomic E-state index is 0.359. The molecule has 0 unspecified atom stereocenters. The number of rotatable bonds is 8. The van der Waals surface area contributed by atoms with Gasteiger partial charge in [-0.1, -0.05) is 53.2 Å². The van der Waals surface area contributed by atoms with Crippen molar-refractivity contribution < 1.29 is 14.1 Å². The van der Waals surface area contributed by atoms with Crippen molar-refractivity contribution in [1.29, 1.82) is 5.26 Å². The van der Waals surface area contributed by atoms with E-state index in [1.54, 1.807) is 16.7 Å². The summed E-state index contributed by atoms with van der Waals surface area (Å²) in [6.45, 7) is 6.95. The predicted octanol–water partition coefficient (Wildman–Crippen LogP) is 5.37. The quantitative estimate of drug-likeness (QED) is 0.236. The fraction of sp³-hybridized carbons (Fsp3) is 0.212. The Morgan fingerprint density at radius 2 is 1.66 bits per heavy atom. The van der Waals surface area contributed by atoms with Gasteiger partial charge in [0.15, 0.2) is 11.9 Å². The summed E-state index contributed by atoms with van der Waals surface area (Å²) in [6, 6.07) is 21.1. The van der Waals surface area contributed by atoms with Crippen molar-refractivity contribution in [2.24, 2.45) is 0 Å². The van der Waals surface area contributed by atoms with Gasteiger partial charge in [0.1, 0.15) is 22.5 Å². The van der Waals surface area contributed by atoms with Crippen LogP contribution in [0.4, 0.5) is 11.4 Å². The van der Waals surface area contributed by atoms with Gasteiger partial charge in [-0.05, 0) is 69.0 Å². The average molecular weight is 563 g/mol. The largest absolute Gasteiger partial charge is 0.361 e. The van der Waals surface area contributed by atoms with Crippen LogP contribution in [0.1, 0.15) is 35.4 Å². The first kappa shape index (κ1) is 27.7. The second-order valence-corrected chi connectivity index (χ2v) is 10.3. The molecule has 0 aliphatic rings. The zero-order valence-electron chi connectivity index (χ0n) is 23.0. The molecule has 0 spiro atoms. The number of fused-ring (bicyclic) bond motifs is 1. The first-order valence-electron chi connectivity index (χ1n) is 13.3. The zero-order chi connectivity index (χ0) is 29.1. The molecular weight excluding hydrogens is 536 g/mol. The second kappa shape index (κ2) is 11.7. The minimum absolute atomic E-state index is 0.359. The van der Waals surface area contributed by atoms with Crippen LogP contribution in [-0.4, -0.2) is 28.2 Å². The lowest BCUT2D eigenvalue weighted by Crippen LogP contribution is -2.29. The molecule has 204 valence electrons. The molecule has 2 heterocycles. The van der Waals surface area contributed by atoms with E-state index in [9.17, 15) is 14.9 Å². The maximum atomic E-state index is 11.8. The lowest BCUT2D eigenvalue weighted by molar-refractivity contribution is 0.393. The minimum Gasteiger partial charge on any atom is -0.361 e. The van der Waals surface area contributed by atoms with Gasteiger partial charge in [0.25, 0.3) is 0 Å². The van der Waals surface area contributed by atoms with Gasteiger partial charge in [-0.2, -0.15) is 5.26 Å². The summed E-state index contributed by atoms with van der Waals surface area (Å²) >= 11 is 6.46. The molecule has 0 aliphatic heterocycles. The van der Waals surface area contributed by atoms with Crippen molar-refractivity contribution in [2.45, 2.75) is 40.2 Å². The molecule has 0 N–H and O–H groups in total. The molecule has 0 aliphatic carbocycles. The standard InChI is InChI=1S/C33H27ClN4O3/c1-21-10-11-24(33-22(2)36-41-23(33)3)16-30(21)37(26-13-12-25(18-35)29(34)17-26)14-6-7-15-38-31(19-39)27-8-4-5-9-28(27)32(38)20-40/h4-5,8-13,16-17H,6-7,14-15H2,1-3H3. The molecule has 5 rings (SSSR count). The molecule has 0 amide bonds. The lowest BCUT2D eigenvalue weighted by atomic mass is 10.0. The van der Waals surface area contributed by atoms with Gasteiger partial charge in [-0.3, -0.25) is 0 Å². The average Bonchev–Trinajstić information content (AvgIpc) is 3.48. The molecular formula is C33H27ClN4O3. The monoisotopic (exact) mass is 562 g/mol. The van der Waals surface area contributed by atoms with E-state index in [0.717, 1.165) is 45.9 Å². The van der Waals surface area contributed by atoms with Crippen molar-refractivity contribution in [2.75, 3.05) is 11.4 Å². The van der Waals surface area contributed by atoms with Crippen LogP contribution >= 0.6 is 11.6 Å². The van der Waals surface area contributed by atoms with E-state index in [2.05, 4.69) is 41.2 Å². The van der Waals surface area contributed by atoms with Crippen LogP contribution in [0.2, 0.25) is 5.02 Å². The van der Waals surface area contributed by atoms with Crippen LogP contribution in [-0.2, 0) is 16.1 Å². The molecule has 2 aromatic heterocycles. The number of hydrogen-bond acceptors (Lipinski definition) is 6. The van der Waals surface area contributed by atoms with E-state index in [1.807, 2.05) is 56.1 Å². The molecule has 8 heteroatoms. The predicted molar refractivity (Wildman–Crippen MR) is 159 cm³/mol. The molecule has 5 aromatic rings. The Morgan fingerprint density at radius 1 is 0.951 bits per heavy atom. The van der Waals surface area contributed by atoms with Crippen LogP contribution in [0.15, 0.2) is 65.2 Å². The number of anilines is 2. The highest BCUT2D eigenvalue weighted by molar-refractivity contribution is 6.32. The topological polar surface area (TPSA) is 92.1 Å². The van der Waals surface area contributed by atoms with Gasteiger partial charge in [0.05, 0.1) is 16.3 Å². The lowest BCUT2D eigenvalue weighted by Gasteiger charge is -2.28. The highest BCUT2D eigenvalue weighted by Crippen LogP contribution is 2.36. The molecule has 0 saturated carbocycles. The van der Waals surface area contributed by atoms with Crippen LogP contribution in [0.25, 0.3) is 21.9 Å². The first-order valence-corrected chi connectivity index (χ1v) is 13.6. The maximum absolute atomic E-state index is 11.8. The summed E-state index contributed by atoms with van der Waals surface area (Å²) in [5.41, 5.74) is 6.07. The molecule has 0 fully saturated rings. The SMILES string of the molecule is Cc1ccc(-c2c(C)noc2C)cc1N(CCCCn1c(=C=O)c2ccccc2c1=C=O)c1ccc(C#N)c(Cl)c1. The third-order valence-electron chi connectivity index (χ3n) is 7.39. The molecule has 41 heavy (non-hydrogen) atoms.